The van der Waals surface area contributed by atoms with E-state index in [0.717, 1.165) is 0 Å². The second-order valence-electron chi connectivity index (χ2n) is 1.01. The van der Waals surface area contributed by atoms with E-state index in [4.69, 9.17) is 0 Å². The Labute approximate surface area is 42.7 Å². The maximum atomic E-state index is 4.56. The van der Waals surface area contributed by atoms with Crippen LogP contribution >= 0.6 is 12.2 Å². The molecule has 0 radical (unpaired) electrons. The monoisotopic (exact) mass is 105 g/mol. The van der Waals surface area contributed by atoms with E-state index in [2.05, 4.69) is 17.1 Å². The van der Waals surface area contributed by atoms with Crippen molar-refractivity contribution >= 4 is 17.8 Å². The molecule has 36 valence electrons. The van der Waals surface area contributed by atoms with Gasteiger partial charge in [-0.1, -0.05) is 0 Å². The molecular formula is C3H7NOS. The Morgan fingerprint density at radius 1 is 1.67 bits per heavy atom. The summed E-state index contributed by atoms with van der Waals surface area (Å²) < 4.78 is 0. The lowest BCUT2D eigenvalue weighted by Gasteiger charge is -2.03. The van der Waals surface area contributed by atoms with Gasteiger partial charge in [-0.2, -0.15) is 0 Å². The Balaban J connectivity index is 2.81. The van der Waals surface area contributed by atoms with Gasteiger partial charge in [0.25, 0.3) is 0 Å². The smallest absolute Gasteiger partial charge is 0.174 e. The largest absolute Gasteiger partial charge is 0.403 e. The summed E-state index contributed by atoms with van der Waals surface area (Å²) >= 11 is 4.34. The molecule has 0 saturated heterocycles. The van der Waals surface area contributed by atoms with Crippen LogP contribution in [0.25, 0.3) is 0 Å². The van der Waals surface area contributed by atoms with Crippen molar-refractivity contribution in [1.29, 1.82) is 0 Å². The average Bonchev–Trinajstić information content (AvgIpc) is 1.35. The molecule has 0 rings (SSSR count). The molecule has 0 aromatic rings. The fraction of sp³-hybridized carbons (Fsp3) is 0.667. The molecule has 2 nitrogen and oxygen atoms in total. The van der Waals surface area contributed by atoms with Crippen LogP contribution in [0, 0.1) is 0 Å². The van der Waals surface area contributed by atoms with Gasteiger partial charge in [-0.15, -0.1) is 5.06 Å². The van der Waals surface area contributed by atoms with Crippen LogP contribution in [-0.4, -0.2) is 24.7 Å². The highest BCUT2D eigenvalue weighted by molar-refractivity contribution is 7.78. The molecule has 0 bridgehead atoms. The molecule has 0 saturated carbocycles. The summed E-state index contributed by atoms with van der Waals surface area (Å²) in [5.74, 6) is 0. The van der Waals surface area contributed by atoms with Gasteiger partial charge < -0.3 is 4.84 Å². The number of thiocarbonyl (C=S) groups is 1. The van der Waals surface area contributed by atoms with Gasteiger partial charge in [0.2, 0.25) is 0 Å². The number of hydrogen-bond donors (Lipinski definition) is 0. The van der Waals surface area contributed by atoms with Gasteiger partial charge in [-0.3, -0.25) is 0 Å². The topological polar surface area (TPSA) is 12.5 Å². The lowest BCUT2D eigenvalue weighted by atomic mass is 11.2. The zero-order chi connectivity index (χ0) is 4.99. The number of hydrogen-bond acceptors (Lipinski definition) is 3. The van der Waals surface area contributed by atoms with Crippen LogP contribution in [0.4, 0.5) is 0 Å². The summed E-state index contributed by atoms with van der Waals surface area (Å²) in [5.41, 5.74) is 1.21. The third kappa shape index (κ3) is 3.85. The Morgan fingerprint density at radius 3 is 2.17 bits per heavy atom. The molecule has 0 heterocycles. The van der Waals surface area contributed by atoms with Crippen LogP contribution in [0.3, 0.4) is 0 Å². The molecule has 6 heavy (non-hydrogen) atoms. The first kappa shape index (κ1) is 5.85. The van der Waals surface area contributed by atoms with E-state index in [-0.39, 0.29) is 0 Å². The average molecular weight is 105 g/mol. The van der Waals surface area contributed by atoms with Crippen LogP contribution in [0.1, 0.15) is 0 Å². The highest BCUT2D eigenvalue weighted by Crippen LogP contribution is 1.68. The standard InChI is InChI=1S/C3H7NOS/c1-4(2)5-3-6/h3H,1-2H3. The normalized spacial score (nSPS) is 8.50. The molecule has 0 aromatic heterocycles. The van der Waals surface area contributed by atoms with Gasteiger partial charge in [0.1, 0.15) is 0 Å². The van der Waals surface area contributed by atoms with Crippen molar-refractivity contribution in [2.24, 2.45) is 0 Å². The van der Waals surface area contributed by atoms with Crippen LogP contribution in [0.2, 0.25) is 0 Å². The highest BCUT2D eigenvalue weighted by Gasteiger charge is 1.75. The molecule has 0 fully saturated rings. The molecule has 0 spiro atoms. The molecule has 0 N–H and O–H groups in total. The van der Waals surface area contributed by atoms with E-state index in [1.807, 2.05) is 0 Å². The number of rotatable bonds is 2. The van der Waals surface area contributed by atoms with Crippen molar-refractivity contribution in [3.8, 4) is 0 Å². The van der Waals surface area contributed by atoms with Crippen molar-refractivity contribution < 1.29 is 4.84 Å². The predicted molar refractivity (Wildman–Crippen MR) is 28.4 cm³/mol. The molecule has 0 aromatic carbocycles. The second kappa shape index (κ2) is 3.06. The summed E-state index contributed by atoms with van der Waals surface area (Å²) in [6, 6.07) is 0. The number of hydroxylamine groups is 2. The van der Waals surface area contributed by atoms with Crippen molar-refractivity contribution in [2.75, 3.05) is 14.1 Å². The Bertz CT molecular complexity index is 46.1. The van der Waals surface area contributed by atoms with Gasteiger partial charge >= 0.3 is 0 Å². The first-order chi connectivity index (χ1) is 2.77. The predicted octanol–water partition coefficient (Wildman–Crippen LogP) is 0.437. The zero-order valence-corrected chi connectivity index (χ0v) is 4.66. The lowest BCUT2D eigenvalue weighted by Crippen LogP contribution is -2.09. The van der Waals surface area contributed by atoms with Crippen LogP contribution in [-0.2, 0) is 4.84 Å². The Kier molecular flexibility index (Phi) is 2.98. The molecule has 0 unspecified atom stereocenters. The highest BCUT2D eigenvalue weighted by atomic mass is 32.1. The summed E-state index contributed by atoms with van der Waals surface area (Å²) in [4.78, 5) is 4.56. The van der Waals surface area contributed by atoms with E-state index >= 15 is 0 Å². The quantitative estimate of drug-likeness (QED) is 0.373. The SMILES string of the molecule is CN(C)OC=S. The maximum absolute atomic E-state index is 4.56. The summed E-state index contributed by atoms with van der Waals surface area (Å²) in [6.45, 7) is 0. The first-order valence-corrected chi connectivity index (χ1v) is 2.02. The Morgan fingerprint density at radius 2 is 2.17 bits per heavy atom. The molecule has 0 aliphatic carbocycles. The molecule has 0 amide bonds. The minimum Gasteiger partial charge on any atom is -0.403 e. The summed E-state index contributed by atoms with van der Waals surface area (Å²) in [6.07, 6.45) is 0. The van der Waals surface area contributed by atoms with Gasteiger partial charge in [-0.25, -0.2) is 0 Å². The maximum Gasteiger partial charge on any atom is 0.174 e. The van der Waals surface area contributed by atoms with Gasteiger partial charge in [0.05, 0.1) is 0 Å². The third-order valence-electron chi connectivity index (χ3n) is 0.254. The molecule has 0 aliphatic rings. The second-order valence-corrected chi connectivity index (χ2v) is 1.21. The van der Waals surface area contributed by atoms with Crippen LogP contribution in [0.5, 0.6) is 0 Å². The van der Waals surface area contributed by atoms with Crippen molar-refractivity contribution in [3.05, 3.63) is 0 Å². The fourth-order valence-electron chi connectivity index (χ4n) is 0.0861. The lowest BCUT2D eigenvalue weighted by molar-refractivity contribution is -0.00712. The fourth-order valence-corrected chi connectivity index (χ4v) is 0.258. The first-order valence-electron chi connectivity index (χ1n) is 1.55. The van der Waals surface area contributed by atoms with Crippen molar-refractivity contribution in [3.63, 3.8) is 0 Å². The van der Waals surface area contributed by atoms with Crippen molar-refractivity contribution in [1.82, 2.24) is 5.06 Å². The van der Waals surface area contributed by atoms with E-state index in [1.54, 1.807) is 14.1 Å². The minimum atomic E-state index is 1.21. The van der Waals surface area contributed by atoms with Gasteiger partial charge in [-0.05, 0) is 12.2 Å². The van der Waals surface area contributed by atoms with E-state index in [1.165, 1.54) is 10.6 Å². The van der Waals surface area contributed by atoms with Crippen LogP contribution < -0.4 is 0 Å². The molecule has 0 atom stereocenters. The van der Waals surface area contributed by atoms with E-state index in [9.17, 15) is 0 Å². The zero-order valence-electron chi connectivity index (χ0n) is 3.84. The van der Waals surface area contributed by atoms with Crippen LogP contribution in [0.15, 0.2) is 0 Å². The summed E-state index contributed by atoms with van der Waals surface area (Å²) in [7, 11) is 3.53. The minimum absolute atomic E-state index is 1.21. The van der Waals surface area contributed by atoms with Gasteiger partial charge in [0, 0.05) is 14.1 Å². The van der Waals surface area contributed by atoms with Gasteiger partial charge in [0.15, 0.2) is 5.55 Å². The number of nitrogens with zero attached hydrogens (tertiary/aromatic N) is 1. The Hall–Kier alpha value is -0.150. The van der Waals surface area contributed by atoms with E-state index in [0.29, 0.717) is 0 Å². The third-order valence-corrected chi connectivity index (χ3v) is 0.340. The molecule has 0 aliphatic heterocycles. The molecule has 3 heteroatoms. The van der Waals surface area contributed by atoms with E-state index < -0.39 is 0 Å². The molecular weight excluding hydrogens is 98.1 g/mol. The summed E-state index contributed by atoms with van der Waals surface area (Å²) in [5, 5.41) is 1.52. The van der Waals surface area contributed by atoms with Crippen molar-refractivity contribution in [2.45, 2.75) is 0 Å².